The Morgan fingerprint density at radius 3 is 2.40 bits per heavy atom. The topological polar surface area (TPSA) is 49.9 Å². The first-order valence-electron chi connectivity index (χ1n) is 7.93. The molecule has 1 fully saturated rings. The maximum Gasteiger partial charge on any atom is 0.410 e. The molecule has 0 saturated carbocycles. The Kier molecular flexibility index (Phi) is 5.90. The van der Waals surface area contributed by atoms with Gasteiger partial charge in [0.2, 0.25) is 0 Å². The van der Waals surface area contributed by atoms with Crippen LogP contribution in [0.25, 0.3) is 0 Å². The first-order chi connectivity index (χ1) is 11.5. The summed E-state index contributed by atoms with van der Waals surface area (Å²) in [5, 5.41) is 0. The molecule has 1 aliphatic heterocycles. The molecular formula is C17H21F2IN2O3. The highest BCUT2D eigenvalue weighted by Gasteiger charge is 2.33. The second-order valence-corrected chi connectivity index (χ2v) is 8.18. The summed E-state index contributed by atoms with van der Waals surface area (Å²) in [5.74, 6) is -2.09. The number of hydrogen-bond acceptors (Lipinski definition) is 3. The number of carbonyl (C=O) groups is 2. The number of hydrogen-bond donors (Lipinski definition) is 0. The molecule has 8 heteroatoms. The van der Waals surface area contributed by atoms with Crippen LogP contribution >= 0.6 is 22.6 Å². The van der Waals surface area contributed by atoms with E-state index in [1.54, 1.807) is 50.3 Å². The Bertz CT molecular complexity index is 691. The van der Waals surface area contributed by atoms with E-state index in [1.165, 1.54) is 15.9 Å². The molecule has 25 heavy (non-hydrogen) atoms. The van der Waals surface area contributed by atoms with Crippen molar-refractivity contribution < 1.29 is 23.1 Å². The number of amides is 2. The summed E-state index contributed by atoms with van der Waals surface area (Å²) in [5.41, 5.74) is -0.760. The van der Waals surface area contributed by atoms with E-state index < -0.39 is 29.2 Å². The van der Waals surface area contributed by atoms with Crippen LogP contribution in [0.5, 0.6) is 0 Å². The fourth-order valence-electron chi connectivity index (χ4n) is 2.59. The zero-order chi connectivity index (χ0) is 18.9. The second kappa shape index (κ2) is 7.43. The Balaban J connectivity index is 2.10. The Morgan fingerprint density at radius 1 is 1.20 bits per heavy atom. The van der Waals surface area contributed by atoms with Crippen molar-refractivity contribution in [2.45, 2.75) is 39.3 Å². The van der Waals surface area contributed by atoms with Gasteiger partial charge in [0.1, 0.15) is 17.2 Å². The third-order valence-corrected chi connectivity index (χ3v) is 4.61. The van der Waals surface area contributed by atoms with Gasteiger partial charge in [0.05, 0.1) is 5.56 Å². The first kappa shape index (κ1) is 19.9. The number of nitrogens with zero attached hydrogens (tertiary/aromatic N) is 2. The molecule has 0 radical (unpaired) electrons. The van der Waals surface area contributed by atoms with Crippen molar-refractivity contribution in [3.05, 3.63) is 32.9 Å². The molecule has 0 spiro atoms. The predicted octanol–water partition coefficient (Wildman–Crippen LogP) is 3.65. The SMILES string of the molecule is C[C@@H]1CN(C(=O)OC(C)(C)C)CCN1C(=O)c1cc(I)c(F)cc1F. The minimum Gasteiger partial charge on any atom is -0.444 e. The second-order valence-electron chi connectivity index (χ2n) is 7.02. The van der Waals surface area contributed by atoms with Crippen molar-refractivity contribution in [2.24, 2.45) is 0 Å². The van der Waals surface area contributed by atoms with Gasteiger partial charge in [0, 0.05) is 35.3 Å². The highest BCUT2D eigenvalue weighted by molar-refractivity contribution is 14.1. The van der Waals surface area contributed by atoms with E-state index in [1.807, 2.05) is 0 Å². The Labute approximate surface area is 159 Å². The van der Waals surface area contributed by atoms with Crippen molar-refractivity contribution in [1.82, 2.24) is 9.80 Å². The molecule has 0 N–H and O–H groups in total. The molecule has 138 valence electrons. The highest BCUT2D eigenvalue weighted by Crippen LogP contribution is 2.21. The summed E-state index contributed by atoms with van der Waals surface area (Å²) in [6.07, 6.45) is -0.436. The molecule has 0 unspecified atom stereocenters. The maximum atomic E-state index is 14.0. The van der Waals surface area contributed by atoms with E-state index in [2.05, 4.69) is 0 Å². The summed E-state index contributed by atoms with van der Waals surface area (Å²) >= 11 is 1.72. The van der Waals surface area contributed by atoms with Crippen LogP contribution in [-0.4, -0.2) is 53.1 Å². The Morgan fingerprint density at radius 2 is 1.84 bits per heavy atom. The smallest absolute Gasteiger partial charge is 0.410 e. The van der Waals surface area contributed by atoms with E-state index in [4.69, 9.17) is 4.74 Å². The van der Waals surface area contributed by atoms with Crippen molar-refractivity contribution >= 4 is 34.6 Å². The fraction of sp³-hybridized carbons (Fsp3) is 0.529. The average molecular weight is 466 g/mol. The lowest BCUT2D eigenvalue weighted by molar-refractivity contribution is 0.00606. The van der Waals surface area contributed by atoms with Crippen LogP contribution in [0, 0.1) is 15.2 Å². The number of benzene rings is 1. The van der Waals surface area contributed by atoms with Crippen LogP contribution in [0.1, 0.15) is 38.1 Å². The minimum atomic E-state index is -0.885. The van der Waals surface area contributed by atoms with E-state index in [0.717, 1.165) is 6.07 Å². The molecule has 1 heterocycles. The fourth-order valence-corrected chi connectivity index (χ4v) is 3.06. The average Bonchev–Trinajstić information content (AvgIpc) is 2.48. The van der Waals surface area contributed by atoms with E-state index in [9.17, 15) is 18.4 Å². The van der Waals surface area contributed by atoms with Crippen molar-refractivity contribution in [3.63, 3.8) is 0 Å². The van der Waals surface area contributed by atoms with Crippen molar-refractivity contribution in [3.8, 4) is 0 Å². The summed E-state index contributed by atoms with van der Waals surface area (Å²) in [7, 11) is 0. The summed E-state index contributed by atoms with van der Waals surface area (Å²) < 4.78 is 32.9. The molecule has 1 aliphatic rings. The third kappa shape index (κ3) is 4.80. The van der Waals surface area contributed by atoms with Gasteiger partial charge in [-0.2, -0.15) is 0 Å². The van der Waals surface area contributed by atoms with Gasteiger partial charge in [0.15, 0.2) is 0 Å². The lowest BCUT2D eigenvalue weighted by atomic mass is 10.1. The standard InChI is InChI=1S/C17H21F2IN2O3/c1-10-9-21(16(24)25-17(2,3)4)5-6-22(10)15(23)11-7-14(20)13(19)8-12(11)18/h7-8,10H,5-6,9H2,1-4H3/t10-/m1/s1. The molecule has 1 aromatic rings. The van der Waals surface area contributed by atoms with Crippen LogP contribution < -0.4 is 0 Å². The van der Waals surface area contributed by atoms with E-state index >= 15 is 0 Å². The molecule has 1 aromatic carbocycles. The minimum absolute atomic E-state index is 0.164. The summed E-state index contributed by atoms with van der Waals surface area (Å²) in [6.45, 7) is 7.98. The molecule has 2 amide bonds. The highest BCUT2D eigenvalue weighted by atomic mass is 127. The van der Waals surface area contributed by atoms with Gasteiger partial charge in [-0.15, -0.1) is 0 Å². The molecule has 1 atom stereocenters. The molecule has 0 aromatic heterocycles. The quantitative estimate of drug-likeness (QED) is 0.469. The van der Waals surface area contributed by atoms with Crippen molar-refractivity contribution in [1.29, 1.82) is 0 Å². The maximum absolute atomic E-state index is 14.0. The van der Waals surface area contributed by atoms with E-state index in [0.29, 0.717) is 13.1 Å². The van der Waals surface area contributed by atoms with Gasteiger partial charge in [-0.05, 0) is 56.4 Å². The van der Waals surface area contributed by atoms with Gasteiger partial charge < -0.3 is 14.5 Å². The zero-order valence-corrected chi connectivity index (χ0v) is 16.8. The molecule has 1 saturated heterocycles. The molecule has 0 bridgehead atoms. The summed E-state index contributed by atoms with van der Waals surface area (Å²) in [4.78, 5) is 27.8. The normalized spacial score (nSPS) is 18.3. The third-order valence-electron chi connectivity index (χ3n) is 3.78. The largest absolute Gasteiger partial charge is 0.444 e. The monoisotopic (exact) mass is 466 g/mol. The van der Waals surface area contributed by atoms with Crippen LogP contribution in [0.15, 0.2) is 12.1 Å². The number of halogens is 3. The molecular weight excluding hydrogens is 445 g/mol. The van der Waals surface area contributed by atoms with Gasteiger partial charge >= 0.3 is 6.09 Å². The van der Waals surface area contributed by atoms with Gasteiger partial charge in [-0.25, -0.2) is 13.6 Å². The van der Waals surface area contributed by atoms with Gasteiger partial charge in [-0.1, -0.05) is 0 Å². The van der Waals surface area contributed by atoms with Crippen LogP contribution in [-0.2, 0) is 4.74 Å². The van der Waals surface area contributed by atoms with Crippen LogP contribution in [0.3, 0.4) is 0 Å². The van der Waals surface area contributed by atoms with E-state index in [-0.39, 0.29) is 21.7 Å². The first-order valence-corrected chi connectivity index (χ1v) is 9.01. The van der Waals surface area contributed by atoms with Crippen molar-refractivity contribution in [2.75, 3.05) is 19.6 Å². The van der Waals surface area contributed by atoms with Crippen LogP contribution in [0.4, 0.5) is 13.6 Å². The molecule has 0 aliphatic carbocycles. The zero-order valence-electron chi connectivity index (χ0n) is 14.6. The van der Waals surface area contributed by atoms with Crippen LogP contribution in [0.2, 0.25) is 0 Å². The summed E-state index contributed by atoms with van der Waals surface area (Å²) in [6, 6.07) is 1.62. The molecule has 2 rings (SSSR count). The number of rotatable bonds is 1. The number of carbonyl (C=O) groups excluding carboxylic acids is 2. The number of ether oxygens (including phenoxy) is 1. The van der Waals surface area contributed by atoms with Gasteiger partial charge in [-0.3, -0.25) is 4.79 Å². The predicted molar refractivity (Wildman–Crippen MR) is 97.4 cm³/mol. The Hall–Kier alpha value is -1.45. The number of piperazine rings is 1. The van der Waals surface area contributed by atoms with Gasteiger partial charge in [0.25, 0.3) is 5.91 Å². The lowest BCUT2D eigenvalue weighted by Gasteiger charge is -2.40. The molecule has 5 nitrogen and oxygen atoms in total. The lowest BCUT2D eigenvalue weighted by Crippen LogP contribution is -2.56.